The Morgan fingerprint density at radius 2 is 1.63 bits per heavy atom. The molecule has 0 aliphatic carbocycles. The van der Waals surface area contributed by atoms with Crippen LogP contribution in [0.5, 0.6) is 0 Å². The molecule has 0 N–H and O–H groups in total. The standard InChI is InChI=1S/C15H25N2O2/c1-14(2)11-13(12-15(3,4)17(14)18)19-10-9-16-7-5-6-8-16/h5-8,13H,9-12H2,1-4H3. The average Bonchev–Trinajstić information content (AvgIpc) is 2.78. The van der Waals surface area contributed by atoms with Gasteiger partial charge in [-0.25, -0.2) is 0 Å². The van der Waals surface area contributed by atoms with Gasteiger partial charge in [-0.2, -0.15) is 0 Å². The average molecular weight is 265 g/mol. The molecule has 4 heteroatoms. The Balaban J connectivity index is 1.87. The predicted molar refractivity (Wildman–Crippen MR) is 74.1 cm³/mol. The molecule has 0 saturated carbocycles. The van der Waals surface area contributed by atoms with E-state index in [-0.39, 0.29) is 17.2 Å². The predicted octanol–water partition coefficient (Wildman–Crippen LogP) is 2.87. The van der Waals surface area contributed by atoms with Crippen molar-refractivity contribution in [1.82, 2.24) is 9.63 Å². The third-order valence-corrected chi connectivity index (χ3v) is 3.92. The van der Waals surface area contributed by atoms with Crippen LogP contribution in [0, 0.1) is 0 Å². The lowest BCUT2D eigenvalue weighted by Gasteiger charge is -2.49. The monoisotopic (exact) mass is 265 g/mol. The van der Waals surface area contributed by atoms with Crippen molar-refractivity contribution in [3.05, 3.63) is 24.5 Å². The number of piperidine rings is 1. The second kappa shape index (κ2) is 5.27. The van der Waals surface area contributed by atoms with E-state index >= 15 is 0 Å². The molecule has 107 valence electrons. The summed E-state index contributed by atoms with van der Waals surface area (Å²) >= 11 is 0. The van der Waals surface area contributed by atoms with Gasteiger partial charge in [-0.1, -0.05) is 0 Å². The molecule has 1 saturated heterocycles. The quantitative estimate of drug-likeness (QED) is 0.839. The fourth-order valence-corrected chi connectivity index (χ4v) is 3.13. The largest absolute Gasteiger partial charge is 0.376 e. The molecule has 0 spiro atoms. The van der Waals surface area contributed by atoms with E-state index in [1.165, 1.54) is 5.06 Å². The minimum Gasteiger partial charge on any atom is -0.376 e. The van der Waals surface area contributed by atoms with Gasteiger partial charge in [-0.3, -0.25) is 0 Å². The Morgan fingerprint density at radius 1 is 1.11 bits per heavy atom. The van der Waals surface area contributed by atoms with Crippen LogP contribution in [0.3, 0.4) is 0 Å². The molecular formula is C15H25N2O2. The first-order chi connectivity index (χ1) is 8.81. The number of hydroxylamine groups is 2. The molecule has 1 aromatic heterocycles. The zero-order valence-corrected chi connectivity index (χ0v) is 12.4. The highest BCUT2D eigenvalue weighted by molar-refractivity contribution is 4.96. The molecule has 0 amide bonds. The maximum absolute atomic E-state index is 12.2. The molecule has 1 aromatic rings. The van der Waals surface area contributed by atoms with Gasteiger partial charge in [-0.15, -0.1) is 10.3 Å². The minimum atomic E-state index is -0.347. The van der Waals surface area contributed by atoms with Gasteiger partial charge in [0.15, 0.2) is 0 Å². The van der Waals surface area contributed by atoms with E-state index in [2.05, 4.69) is 4.57 Å². The Morgan fingerprint density at radius 3 is 2.16 bits per heavy atom. The molecule has 0 aromatic carbocycles. The Labute approximate surface area is 115 Å². The van der Waals surface area contributed by atoms with Gasteiger partial charge < -0.3 is 9.30 Å². The summed E-state index contributed by atoms with van der Waals surface area (Å²) in [6, 6.07) is 4.03. The van der Waals surface area contributed by atoms with Gasteiger partial charge in [-0.05, 0) is 52.7 Å². The zero-order valence-electron chi connectivity index (χ0n) is 12.4. The van der Waals surface area contributed by atoms with Crippen molar-refractivity contribution in [2.24, 2.45) is 0 Å². The number of aromatic nitrogens is 1. The van der Waals surface area contributed by atoms with E-state index < -0.39 is 0 Å². The highest BCUT2D eigenvalue weighted by Crippen LogP contribution is 2.38. The molecule has 1 aliphatic heterocycles. The van der Waals surface area contributed by atoms with Gasteiger partial charge in [0.2, 0.25) is 0 Å². The van der Waals surface area contributed by atoms with E-state index in [4.69, 9.17) is 4.74 Å². The summed E-state index contributed by atoms with van der Waals surface area (Å²) in [7, 11) is 0. The first-order valence-corrected chi connectivity index (χ1v) is 7.01. The number of hydrogen-bond donors (Lipinski definition) is 0. The van der Waals surface area contributed by atoms with E-state index in [1.807, 2.05) is 52.2 Å². The molecule has 0 atom stereocenters. The Bertz CT molecular complexity index is 380. The Hall–Kier alpha value is -0.840. The second-order valence-corrected chi connectivity index (χ2v) is 6.74. The smallest absolute Gasteiger partial charge is 0.0649 e. The van der Waals surface area contributed by atoms with Crippen LogP contribution in [0.25, 0.3) is 0 Å². The van der Waals surface area contributed by atoms with Crippen LogP contribution in [0.4, 0.5) is 0 Å². The van der Waals surface area contributed by atoms with Crippen molar-refractivity contribution in [1.29, 1.82) is 0 Å². The summed E-state index contributed by atoms with van der Waals surface area (Å²) in [5.41, 5.74) is -0.695. The summed E-state index contributed by atoms with van der Waals surface area (Å²) in [4.78, 5) is 0. The first kappa shape index (κ1) is 14.6. The first-order valence-electron chi connectivity index (χ1n) is 7.01. The SMILES string of the molecule is CC1(C)CC(OCCn2cccc2)CC(C)(C)N1[O]. The maximum Gasteiger partial charge on any atom is 0.0649 e. The van der Waals surface area contributed by atoms with Gasteiger partial charge in [0.1, 0.15) is 0 Å². The molecule has 19 heavy (non-hydrogen) atoms. The zero-order chi connectivity index (χ0) is 14.1. The lowest BCUT2D eigenvalue weighted by Crippen LogP contribution is -2.59. The van der Waals surface area contributed by atoms with Gasteiger partial charge in [0.25, 0.3) is 0 Å². The lowest BCUT2D eigenvalue weighted by atomic mass is 9.80. The van der Waals surface area contributed by atoms with Crippen LogP contribution in [0.1, 0.15) is 40.5 Å². The van der Waals surface area contributed by atoms with Crippen LogP contribution < -0.4 is 0 Å². The molecule has 1 radical (unpaired) electrons. The van der Waals surface area contributed by atoms with Crippen molar-refractivity contribution < 1.29 is 9.94 Å². The van der Waals surface area contributed by atoms with Crippen molar-refractivity contribution in [3.8, 4) is 0 Å². The van der Waals surface area contributed by atoms with Crippen LogP contribution in [0.15, 0.2) is 24.5 Å². The molecule has 0 unspecified atom stereocenters. The molecule has 4 nitrogen and oxygen atoms in total. The third-order valence-electron chi connectivity index (χ3n) is 3.92. The van der Waals surface area contributed by atoms with Crippen molar-refractivity contribution in [3.63, 3.8) is 0 Å². The fraction of sp³-hybridized carbons (Fsp3) is 0.733. The van der Waals surface area contributed by atoms with E-state index in [9.17, 15) is 5.21 Å². The molecule has 1 aliphatic rings. The maximum atomic E-state index is 12.2. The molecule has 1 fully saturated rings. The van der Waals surface area contributed by atoms with E-state index in [1.54, 1.807) is 0 Å². The summed E-state index contributed by atoms with van der Waals surface area (Å²) in [6.45, 7) is 9.58. The van der Waals surface area contributed by atoms with Crippen LogP contribution >= 0.6 is 0 Å². The third kappa shape index (κ3) is 3.38. The summed E-state index contributed by atoms with van der Waals surface area (Å²) < 4.78 is 8.10. The highest BCUT2D eigenvalue weighted by Gasteiger charge is 2.46. The minimum absolute atomic E-state index is 0.172. The molecular weight excluding hydrogens is 240 g/mol. The van der Waals surface area contributed by atoms with Crippen LogP contribution in [-0.4, -0.2) is 33.4 Å². The number of rotatable bonds is 4. The molecule has 2 heterocycles. The lowest BCUT2D eigenvalue weighted by molar-refractivity contribution is -0.301. The van der Waals surface area contributed by atoms with E-state index in [0.29, 0.717) is 6.61 Å². The summed E-state index contributed by atoms with van der Waals surface area (Å²) in [6.07, 6.45) is 5.84. The van der Waals surface area contributed by atoms with Gasteiger partial charge >= 0.3 is 0 Å². The Kier molecular flexibility index (Phi) is 4.04. The molecule has 0 bridgehead atoms. The normalized spacial score (nSPS) is 23.6. The van der Waals surface area contributed by atoms with Crippen molar-refractivity contribution in [2.75, 3.05) is 6.61 Å². The van der Waals surface area contributed by atoms with Gasteiger partial charge in [0, 0.05) is 30.0 Å². The van der Waals surface area contributed by atoms with Crippen molar-refractivity contribution in [2.45, 2.75) is 64.3 Å². The topological polar surface area (TPSA) is 37.3 Å². The number of nitrogens with zero attached hydrogens (tertiary/aromatic N) is 2. The summed E-state index contributed by atoms with van der Waals surface area (Å²) in [5, 5.41) is 13.5. The number of hydrogen-bond acceptors (Lipinski definition) is 2. The molecule has 2 rings (SSSR count). The van der Waals surface area contributed by atoms with Crippen LogP contribution in [0.2, 0.25) is 0 Å². The second-order valence-electron chi connectivity index (χ2n) is 6.74. The van der Waals surface area contributed by atoms with Gasteiger partial charge in [0.05, 0.1) is 12.7 Å². The highest BCUT2D eigenvalue weighted by atomic mass is 16.5. The fourth-order valence-electron chi connectivity index (χ4n) is 3.13. The van der Waals surface area contributed by atoms with E-state index in [0.717, 1.165) is 19.4 Å². The van der Waals surface area contributed by atoms with Crippen molar-refractivity contribution >= 4 is 0 Å². The summed E-state index contributed by atoms with van der Waals surface area (Å²) in [5.74, 6) is 0. The number of ether oxygens (including phenoxy) is 1. The van der Waals surface area contributed by atoms with Crippen LogP contribution in [-0.2, 0) is 16.5 Å².